The fraction of sp³-hybridized carbons (Fsp3) is 0.200. The molecule has 2 nitrogen and oxygen atoms in total. The van der Waals surface area contributed by atoms with Crippen LogP contribution in [0.4, 0.5) is 13.2 Å². The van der Waals surface area contributed by atoms with E-state index in [9.17, 15) is 13.2 Å². The van der Waals surface area contributed by atoms with E-state index in [0.29, 0.717) is 5.56 Å². The maximum absolute atomic E-state index is 13.7. The second-order valence-electron chi connectivity index (χ2n) is 4.50. The summed E-state index contributed by atoms with van der Waals surface area (Å²) in [7, 11) is 0. The lowest BCUT2D eigenvalue weighted by atomic mass is 10.1. The quantitative estimate of drug-likeness (QED) is 0.927. The molecule has 2 N–H and O–H groups in total. The third-order valence-electron chi connectivity index (χ3n) is 2.88. The van der Waals surface area contributed by atoms with Crippen molar-refractivity contribution >= 4 is 0 Å². The van der Waals surface area contributed by atoms with Gasteiger partial charge in [-0.05, 0) is 36.8 Å². The second-order valence-corrected chi connectivity index (χ2v) is 4.50. The first-order chi connectivity index (χ1) is 9.47. The smallest absolute Gasteiger partial charge is 0.165 e. The van der Waals surface area contributed by atoms with E-state index in [4.69, 9.17) is 10.5 Å². The Labute approximate surface area is 115 Å². The largest absolute Gasteiger partial charge is 0.486 e. The molecule has 2 aromatic rings. The van der Waals surface area contributed by atoms with E-state index in [1.54, 1.807) is 13.0 Å². The molecule has 0 aliphatic rings. The fourth-order valence-corrected chi connectivity index (χ4v) is 1.71. The monoisotopic (exact) mass is 281 g/mol. The molecule has 106 valence electrons. The van der Waals surface area contributed by atoms with Gasteiger partial charge in [0.15, 0.2) is 11.6 Å². The Morgan fingerprint density at radius 3 is 2.40 bits per heavy atom. The Balaban J connectivity index is 2.11. The van der Waals surface area contributed by atoms with Crippen molar-refractivity contribution in [2.75, 3.05) is 0 Å². The van der Waals surface area contributed by atoms with Gasteiger partial charge in [0.25, 0.3) is 0 Å². The van der Waals surface area contributed by atoms with Gasteiger partial charge in [0.05, 0.1) is 0 Å². The van der Waals surface area contributed by atoms with Crippen LogP contribution >= 0.6 is 0 Å². The highest BCUT2D eigenvalue weighted by Crippen LogP contribution is 2.22. The molecule has 0 fully saturated rings. The minimum Gasteiger partial charge on any atom is -0.486 e. The Morgan fingerprint density at radius 1 is 1.05 bits per heavy atom. The first-order valence-corrected chi connectivity index (χ1v) is 6.09. The third kappa shape index (κ3) is 3.30. The topological polar surface area (TPSA) is 35.2 Å². The molecule has 0 saturated carbocycles. The van der Waals surface area contributed by atoms with Gasteiger partial charge in [-0.2, -0.15) is 0 Å². The maximum Gasteiger partial charge on any atom is 0.165 e. The summed E-state index contributed by atoms with van der Waals surface area (Å²) < 4.78 is 45.1. The van der Waals surface area contributed by atoms with Crippen molar-refractivity contribution in [3.8, 4) is 5.75 Å². The number of hydrogen-bond donors (Lipinski definition) is 1. The molecule has 0 spiro atoms. The molecule has 0 saturated heterocycles. The van der Waals surface area contributed by atoms with E-state index in [2.05, 4.69) is 0 Å². The minimum atomic E-state index is -0.724. The zero-order valence-corrected chi connectivity index (χ0v) is 10.9. The van der Waals surface area contributed by atoms with Crippen LogP contribution in [0.1, 0.15) is 24.1 Å². The lowest BCUT2D eigenvalue weighted by molar-refractivity contribution is 0.284. The summed E-state index contributed by atoms with van der Waals surface area (Å²) in [4.78, 5) is 0. The van der Waals surface area contributed by atoms with E-state index in [1.807, 2.05) is 0 Å². The van der Waals surface area contributed by atoms with Crippen molar-refractivity contribution in [2.24, 2.45) is 5.73 Å². The van der Waals surface area contributed by atoms with E-state index in [0.717, 1.165) is 12.1 Å². The van der Waals surface area contributed by atoms with Crippen LogP contribution in [0.3, 0.4) is 0 Å². The van der Waals surface area contributed by atoms with E-state index in [-0.39, 0.29) is 24.0 Å². The number of rotatable bonds is 4. The van der Waals surface area contributed by atoms with Gasteiger partial charge in [-0.15, -0.1) is 0 Å². The number of nitrogens with two attached hydrogens (primary N) is 1. The van der Waals surface area contributed by atoms with Gasteiger partial charge in [0, 0.05) is 17.7 Å². The first kappa shape index (κ1) is 14.4. The average Bonchev–Trinajstić information content (AvgIpc) is 2.38. The van der Waals surface area contributed by atoms with Gasteiger partial charge in [-0.3, -0.25) is 0 Å². The zero-order valence-electron chi connectivity index (χ0n) is 10.9. The molecule has 0 aliphatic carbocycles. The lowest BCUT2D eigenvalue weighted by Crippen LogP contribution is -2.06. The fourth-order valence-electron chi connectivity index (χ4n) is 1.71. The van der Waals surface area contributed by atoms with Crippen LogP contribution < -0.4 is 10.5 Å². The predicted octanol–water partition coefficient (Wildman–Crippen LogP) is 3.70. The average molecular weight is 281 g/mol. The summed E-state index contributed by atoms with van der Waals surface area (Å²) in [5.41, 5.74) is 6.44. The summed E-state index contributed by atoms with van der Waals surface area (Å²) >= 11 is 0. The van der Waals surface area contributed by atoms with Crippen molar-refractivity contribution in [3.05, 3.63) is 65.0 Å². The van der Waals surface area contributed by atoms with Gasteiger partial charge in [-0.25, -0.2) is 13.2 Å². The first-order valence-electron chi connectivity index (χ1n) is 6.09. The molecule has 0 amide bonds. The van der Waals surface area contributed by atoms with Gasteiger partial charge in [0.1, 0.15) is 18.2 Å². The molecule has 2 rings (SSSR count). The molecule has 20 heavy (non-hydrogen) atoms. The standard InChI is InChI=1S/C15H14F3NO/c1-9(19)10-3-5-15(14(18)6-10)20-8-11-2-4-12(16)7-13(11)17/h2-7,9H,8,19H2,1H3. The molecular weight excluding hydrogens is 267 g/mol. The molecule has 0 radical (unpaired) electrons. The lowest BCUT2D eigenvalue weighted by Gasteiger charge is -2.11. The van der Waals surface area contributed by atoms with E-state index in [1.165, 1.54) is 18.2 Å². The van der Waals surface area contributed by atoms with Crippen molar-refractivity contribution in [2.45, 2.75) is 19.6 Å². The molecule has 0 aromatic heterocycles. The summed E-state index contributed by atoms with van der Waals surface area (Å²) in [5, 5.41) is 0. The Morgan fingerprint density at radius 2 is 1.80 bits per heavy atom. The highest BCUT2D eigenvalue weighted by molar-refractivity contribution is 5.31. The van der Waals surface area contributed by atoms with Gasteiger partial charge >= 0.3 is 0 Å². The van der Waals surface area contributed by atoms with Crippen LogP contribution in [0, 0.1) is 17.5 Å². The number of benzene rings is 2. The van der Waals surface area contributed by atoms with Crippen LogP contribution in [-0.4, -0.2) is 0 Å². The third-order valence-corrected chi connectivity index (χ3v) is 2.88. The summed E-state index contributed by atoms with van der Waals surface area (Å²) in [6, 6.07) is 7.22. The van der Waals surface area contributed by atoms with E-state index >= 15 is 0 Å². The van der Waals surface area contributed by atoms with Gasteiger partial charge in [-0.1, -0.05) is 6.07 Å². The van der Waals surface area contributed by atoms with E-state index < -0.39 is 17.5 Å². The molecule has 2 aromatic carbocycles. The SMILES string of the molecule is CC(N)c1ccc(OCc2ccc(F)cc2F)c(F)c1. The molecule has 1 atom stereocenters. The number of hydrogen-bond acceptors (Lipinski definition) is 2. The number of ether oxygens (including phenoxy) is 1. The van der Waals surface area contributed by atoms with Crippen LogP contribution in [0.2, 0.25) is 0 Å². The molecular formula is C15H14F3NO. The molecule has 0 bridgehead atoms. The summed E-state index contributed by atoms with van der Waals surface area (Å²) in [6.45, 7) is 1.56. The Kier molecular flexibility index (Phi) is 4.29. The highest BCUT2D eigenvalue weighted by atomic mass is 19.1. The van der Waals surface area contributed by atoms with Gasteiger partial charge < -0.3 is 10.5 Å². The Hall–Kier alpha value is -2.01. The van der Waals surface area contributed by atoms with Crippen molar-refractivity contribution < 1.29 is 17.9 Å². The molecule has 5 heteroatoms. The predicted molar refractivity (Wildman–Crippen MR) is 69.7 cm³/mol. The van der Waals surface area contributed by atoms with Gasteiger partial charge in [0.2, 0.25) is 0 Å². The second kappa shape index (κ2) is 5.96. The summed E-state index contributed by atoms with van der Waals surface area (Å²) in [5.74, 6) is -1.96. The van der Waals surface area contributed by atoms with Crippen LogP contribution in [-0.2, 0) is 6.61 Å². The van der Waals surface area contributed by atoms with Crippen LogP contribution in [0.25, 0.3) is 0 Å². The zero-order chi connectivity index (χ0) is 14.7. The van der Waals surface area contributed by atoms with Crippen molar-refractivity contribution in [1.82, 2.24) is 0 Å². The highest BCUT2D eigenvalue weighted by Gasteiger charge is 2.09. The molecule has 1 unspecified atom stereocenters. The van der Waals surface area contributed by atoms with Crippen molar-refractivity contribution in [1.29, 1.82) is 0 Å². The van der Waals surface area contributed by atoms with Crippen LogP contribution in [0.15, 0.2) is 36.4 Å². The number of halogens is 3. The van der Waals surface area contributed by atoms with Crippen LogP contribution in [0.5, 0.6) is 5.75 Å². The summed E-state index contributed by atoms with van der Waals surface area (Å²) in [6.07, 6.45) is 0. The molecule has 0 heterocycles. The molecule has 0 aliphatic heterocycles. The minimum absolute atomic E-state index is 0.00174. The van der Waals surface area contributed by atoms with Crippen molar-refractivity contribution in [3.63, 3.8) is 0 Å². The normalized spacial score (nSPS) is 12.2. The maximum atomic E-state index is 13.7. The Bertz CT molecular complexity index is 614.